The number of aromatic nitrogens is 2. The van der Waals surface area contributed by atoms with Crippen molar-refractivity contribution in [2.75, 3.05) is 31.1 Å². The average Bonchev–Trinajstić information content (AvgIpc) is 3.39. The van der Waals surface area contributed by atoms with Crippen LogP contribution in [0.15, 0.2) is 35.3 Å². The van der Waals surface area contributed by atoms with Gasteiger partial charge in [-0.1, -0.05) is 6.07 Å². The van der Waals surface area contributed by atoms with E-state index in [0.29, 0.717) is 31.1 Å². The minimum absolute atomic E-state index is 0.0528. The van der Waals surface area contributed by atoms with Crippen molar-refractivity contribution in [3.05, 3.63) is 40.2 Å². The lowest BCUT2D eigenvalue weighted by Crippen LogP contribution is -2.54. The number of hydrogen-bond donors (Lipinski definition) is 1. The van der Waals surface area contributed by atoms with Crippen LogP contribution in [0.25, 0.3) is 10.2 Å². The van der Waals surface area contributed by atoms with Crippen LogP contribution >= 0.6 is 22.7 Å². The molecule has 0 aliphatic carbocycles. The van der Waals surface area contributed by atoms with E-state index < -0.39 is 6.04 Å². The second-order valence-electron chi connectivity index (χ2n) is 6.32. The second kappa shape index (κ2) is 7.61. The van der Waals surface area contributed by atoms with Gasteiger partial charge < -0.3 is 15.1 Å². The van der Waals surface area contributed by atoms with E-state index in [0.717, 1.165) is 16.0 Å². The second-order valence-corrected chi connectivity index (χ2v) is 8.16. The van der Waals surface area contributed by atoms with Gasteiger partial charge in [0.25, 0.3) is 5.91 Å². The fourth-order valence-corrected chi connectivity index (χ4v) is 4.53. The molecule has 0 spiro atoms. The van der Waals surface area contributed by atoms with Gasteiger partial charge in [-0.25, -0.2) is 9.97 Å². The van der Waals surface area contributed by atoms with E-state index in [1.165, 1.54) is 11.3 Å². The molecule has 1 atom stereocenters. The van der Waals surface area contributed by atoms with Crippen LogP contribution in [0.1, 0.15) is 16.6 Å². The van der Waals surface area contributed by atoms with Gasteiger partial charge in [0.2, 0.25) is 5.91 Å². The van der Waals surface area contributed by atoms with Gasteiger partial charge in [0.1, 0.15) is 23.0 Å². The molecule has 3 aromatic heterocycles. The Balaban J connectivity index is 1.36. The summed E-state index contributed by atoms with van der Waals surface area (Å²) < 4.78 is 0. The number of anilines is 1. The molecule has 1 aliphatic rings. The Hall–Kier alpha value is -2.52. The van der Waals surface area contributed by atoms with Gasteiger partial charge in [-0.05, 0) is 29.8 Å². The molecule has 4 heterocycles. The number of nitrogens with one attached hydrogen (secondary N) is 1. The van der Waals surface area contributed by atoms with Gasteiger partial charge in [0.15, 0.2) is 0 Å². The molecule has 9 heteroatoms. The van der Waals surface area contributed by atoms with Crippen molar-refractivity contribution in [1.29, 1.82) is 0 Å². The first-order valence-corrected chi connectivity index (χ1v) is 10.5. The predicted molar refractivity (Wildman–Crippen MR) is 107 cm³/mol. The summed E-state index contributed by atoms with van der Waals surface area (Å²) in [7, 11) is 0. The van der Waals surface area contributed by atoms with Crippen LogP contribution in [0.4, 0.5) is 5.82 Å². The van der Waals surface area contributed by atoms with Crippen LogP contribution in [0.2, 0.25) is 0 Å². The smallest absolute Gasteiger partial charge is 0.261 e. The van der Waals surface area contributed by atoms with E-state index in [1.54, 1.807) is 30.7 Å². The maximum absolute atomic E-state index is 12.7. The Morgan fingerprint density at radius 2 is 1.93 bits per heavy atom. The van der Waals surface area contributed by atoms with Gasteiger partial charge in [0, 0.05) is 26.2 Å². The maximum Gasteiger partial charge on any atom is 0.261 e. The third-order valence-electron chi connectivity index (χ3n) is 4.59. The van der Waals surface area contributed by atoms with Gasteiger partial charge in [0.05, 0.1) is 10.3 Å². The summed E-state index contributed by atoms with van der Waals surface area (Å²) in [5, 5.41) is 7.70. The van der Waals surface area contributed by atoms with Crippen molar-refractivity contribution < 1.29 is 9.59 Å². The van der Waals surface area contributed by atoms with Crippen LogP contribution in [0.5, 0.6) is 0 Å². The summed E-state index contributed by atoms with van der Waals surface area (Å²) in [6.07, 6.45) is 1.59. The molecule has 140 valence electrons. The number of amides is 2. The van der Waals surface area contributed by atoms with Crippen LogP contribution in [-0.2, 0) is 4.79 Å². The Bertz CT molecular complexity index is 948. The molecule has 1 aliphatic heterocycles. The molecule has 4 rings (SSSR count). The number of hydrogen-bond acceptors (Lipinski definition) is 7. The van der Waals surface area contributed by atoms with E-state index in [9.17, 15) is 9.59 Å². The van der Waals surface area contributed by atoms with Crippen molar-refractivity contribution >= 4 is 50.5 Å². The van der Waals surface area contributed by atoms with Crippen LogP contribution in [-0.4, -0.2) is 58.9 Å². The Kier molecular flexibility index (Phi) is 5.04. The zero-order valence-corrected chi connectivity index (χ0v) is 16.4. The average molecular weight is 402 g/mol. The van der Waals surface area contributed by atoms with Crippen molar-refractivity contribution in [3.8, 4) is 0 Å². The lowest BCUT2D eigenvalue weighted by atomic mass is 10.2. The van der Waals surface area contributed by atoms with Crippen LogP contribution < -0.4 is 10.2 Å². The van der Waals surface area contributed by atoms with E-state index >= 15 is 0 Å². The first-order valence-electron chi connectivity index (χ1n) is 8.70. The number of fused-ring (bicyclic) bond motifs is 1. The SMILES string of the molecule is CC(NC(=O)c1cccs1)C(=O)N1CCN(c2ncnc3sccc23)CC1. The molecule has 1 unspecified atom stereocenters. The molecule has 3 aromatic rings. The Morgan fingerprint density at radius 1 is 1.11 bits per heavy atom. The molecule has 0 radical (unpaired) electrons. The van der Waals surface area contributed by atoms with Gasteiger partial charge >= 0.3 is 0 Å². The fourth-order valence-electron chi connectivity index (χ4n) is 3.18. The summed E-state index contributed by atoms with van der Waals surface area (Å²) in [6.45, 7) is 4.36. The fraction of sp³-hybridized carbons (Fsp3) is 0.333. The predicted octanol–water partition coefficient (Wildman–Crippen LogP) is 2.22. The highest BCUT2D eigenvalue weighted by molar-refractivity contribution is 7.16. The highest BCUT2D eigenvalue weighted by atomic mass is 32.1. The van der Waals surface area contributed by atoms with Crippen molar-refractivity contribution in [3.63, 3.8) is 0 Å². The first kappa shape index (κ1) is 17.9. The molecule has 0 aromatic carbocycles. The summed E-state index contributed by atoms with van der Waals surface area (Å²) in [4.78, 5) is 39.1. The topological polar surface area (TPSA) is 78.4 Å². The summed E-state index contributed by atoms with van der Waals surface area (Å²) >= 11 is 2.96. The molecule has 0 saturated carbocycles. The molecule has 1 fully saturated rings. The number of carbonyl (C=O) groups excluding carboxylic acids is 2. The number of nitrogens with zero attached hydrogens (tertiary/aromatic N) is 4. The molecular formula is C18H19N5O2S2. The third-order valence-corrected chi connectivity index (χ3v) is 6.28. The molecule has 0 bridgehead atoms. The quantitative estimate of drug-likeness (QED) is 0.725. The van der Waals surface area contributed by atoms with Crippen LogP contribution in [0, 0.1) is 0 Å². The van der Waals surface area contributed by atoms with E-state index in [-0.39, 0.29) is 11.8 Å². The molecular weight excluding hydrogens is 382 g/mol. The number of piperazine rings is 1. The zero-order chi connectivity index (χ0) is 18.8. The highest BCUT2D eigenvalue weighted by Crippen LogP contribution is 2.27. The summed E-state index contributed by atoms with van der Waals surface area (Å²) in [6, 6.07) is 5.06. The summed E-state index contributed by atoms with van der Waals surface area (Å²) in [5.74, 6) is 0.667. The van der Waals surface area contributed by atoms with Gasteiger partial charge in [-0.3, -0.25) is 9.59 Å². The number of rotatable bonds is 4. The van der Waals surface area contributed by atoms with Gasteiger partial charge in [-0.2, -0.15) is 0 Å². The third kappa shape index (κ3) is 3.65. The normalized spacial score (nSPS) is 15.7. The van der Waals surface area contributed by atoms with E-state index in [4.69, 9.17) is 0 Å². The molecule has 27 heavy (non-hydrogen) atoms. The monoisotopic (exact) mass is 401 g/mol. The Labute approximate surface area is 164 Å². The maximum atomic E-state index is 12.7. The highest BCUT2D eigenvalue weighted by Gasteiger charge is 2.27. The first-order chi connectivity index (χ1) is 13.1. The van der Waals surface area contributed by atoms with Crippen LogP contribution in [0.3, 0.4) is 0 Å². The lowest BCUT2D eigenvalue weighted by molar-refractivity contribution is -0.133. The Morgan fingerprint density at radius 3 is 2.67 bits per heavy atom. The van der Waals surface area contributed by atoms with Crippen molar-refractivity contribution in [2.45, 2.75) is 13.0 Å². The number of carbonyl (C=O) groups is 2. The molecule has 1 N–H and O–H groups in total. The zero-order valence-electron chi connectivity index (χ0n) is 14.8. The van der Waals surface area contributed by atoms with Crippen molar-refractivity contribution in [1.82, 2.24) is 20.2 Å². The van der Waals surface area contributed by atoms with E-state index in [1.807, 2.05) is 27.8 Å². The summed E-state index contributed by atoms with van der Waals surface area (Å²) in [5.41, 5.74) is 0. The van der Waals surface area contributed by atoms with Crippen molar-refractivity contribution in [2.24, 2.45) is 0 Å². The standard InChI is InChI=1S/C18H19N5O2S2/c1-12(21-16(24)14-3-2-9-26-14)18(25)23-7-5-22(6-8-23)15-13-4-10-27-17(13)20-11-19-15/h2-4,9-12H,5-8H2,1H3,(H,21,24). The lowest BCUT2D eigenvalue weighted by Gasteiger charge is -2.36. The largest absolute Gasteiger partial charge is 0.352 e. The molecule has 1 saturated heterocycles. The molecule has 7 nitrogen and oxygen atoms in total. The molecule has 2 amide bonds. The van der Waals surface area contributed by atoms with Gasteiger partial charge in [-0.15, -0.1) is 22.7 Å². The van der Waals surface area contributed by atoms with E-state index in [2.05, 4.69) is 20.2 Å². The number of thiophene rings is 2. The minimum Gasteiger partial charge on any atom is -0.352 e. The minimum atomic E-state index is -0.547.